The van der Waals surface area contributed by atoms with Crippen LogP contribution in [-0.2, 0) is 4.79 Å². The summed E-state index contributed by atoms with van der Waals surface area (Å²) >= 11 is 0. The highest BCUT2D eigenvalue weighted by atomic mass is 16.5. The molecular formula is C12H18N2O2. The number of likely N-dealkylation sites (N-methyl/N-ethyl adjacent to an activating group) is 1. The van der Waals surface area contributed by atoms with Crippen molar-refractivity contribution in [1.29, 1.82) is 0 Å². The second-order valence-corrected chi connectivity index (χ2v) is 3.67. The van der Waals surface area contributed by atoms with Gasteiger partial charge < -0.3 is 15.4 Å². The maximum atomic E-state index is 11.4. The first-order valence-electron chi connectivity index (χ1n) is 5.18. The molecule has 1 aromatic rings. The van der Waals surface area contributed by atoms with Gasteiger partial charge in [-0.15, -0.1) is 0 Å². The van der Waals surface area contributed by atoms with Gasteiger partial charge in [0.05, 0.1) is 13.7 Å². The van der Waals surface area contributed by atoms with Crippen LogP contribution in [0, 0.1) is 13.8 Å². The van der Waals surface area contributed by atoms with Crippen molar-refractivity contribution >= 4 is 11.6 Å². The molecule has 0 saturated carbocycles. The average Bonchev–Trinajstić information content (AvgIpc) is 2.23. The van der Waals surface area contributed by atoms with Crippen LogP contribution in [0.2, 0.25) is 0 Å². The quantitative estimate of drug-likeness (QED) is 0.811. The van der Waals surface area contributed by atoms with Gasteiger partial charge in [0.2, 0.25) is 5.91 Å². The summed E-state index contributed by atoms with van der Waals surface area (Å²) in [5.41, 5.74) is 2.81. The SMILES string of the molecule is CNCC(=O)Nc1ccc(C)c(OC)c1C. The molecule has 4 heteroatoms. The zero-order chi connectivity index (χ0) is 12.1. The highest BCUT2D eigenvalue weighted by molar-refractivity contribution is 5.93. The molecule has 0 radical (unpaired) electrons. The number of rotatable bonds is 4. The fraction of sp³-hybridized carbons (Fsp3) is 0.417. The summed E-state index contributed by atoms with van der Waals surface area (Å²) in [6, 6.07) is 3.82. The molecule has 0 saturated heterocycles. The minimum Gasteiger partial charge on any atom is -0.496 e. The number of carbonyl (C=O) groups excluding carboxylic acids is 1. The Morgan fingerprint density at radius 3 is 2.62 bits per heavy atom. The first kappa shape index (κ1) is 12.5. The summed E-state index contributed by atoms with van der Waals surface area (Å²) in [5, 5.41) is 5.64. The van der Waals surface area contributed by atoms with Gasteiger partial charge in [0.1, 0.15) is 5.75 Å². The van der Waals surface area contributed by atoms with Gasteiger partial charge in [-0.2, -0.15) is 0 Å². The van der Waals surface area contributed by atoms with Crippen molar-refractivity contribution in [2.75, 3.05) is 26.0 Å². The van der Waals surface area contributed by atoms with Crippen LogP contribution in [0.15, 0.2) is 12.1 Å². The normalized spacial score (nSPS) is 10.0. The molecule has 0 aliphatic rings. The summed E-state index contributed by atoms with van der Waals surface area (Å²) in [5.74, 6) is 0.763. The first-order chi connectivity index (χ1) is 7.60. The van der Waals surface area contributed by atoms with E-state index in [9.17, 15) is 4.79 Å². The average molecular weight is 222 g/mol. The molecule has 4 nitrogen and oxygen atoms in total. The van der Waals surface area contributed by atoms with E-state index in [1.165, 1.54) is 0 Å². The molecule has 0 spiro atoms. The lowest BCUT2D eigenvalue weighted by molar-refractivity contribution is -0.115. The van der Waals surface area contributed by atoms with Crippen LogP contribution in [0.25, 0.3) is 0 Å². The van der Waals surface area contributed by atoms with Crippen molar-refractivity contribution in [3.05, 3.63) is 23.3 Å². The number of aryl methyl sites for hydroxylation is 1. The molecule has 2 N–H and O–H groups in total. The second kappa shape index (κ2) is 5.51. The van der Waals surface area contributed by atoms with Gasteiger partial charge in [0, 0.05) is 11.3 Å². The first-order valence-corrected chi connectivity index (χ1v) is 5.18. The lowest BCUT2D eigenvalue weighted by atomic mass is 10.1. The summed E-state index contributed by atoms with van der Waals surface area (Å²) in [6.07, 6.45) is 0. The van der Waals surface area contributed by atoms with E-state index in [2.05, 4.69) is 10.6 Å². The number of amides is 1. The van der Waals surface area contributed by atoms with E-state index in [0.29, 0.717) is 6.54 Å². The van der Waals surface area contributed by atoms with Crippen molar-refractivity contribution < 1.29 is 9.53 Å². The highest BCUT2D eigenvalue weighted by Crippen LogP contribution is 2.28. The second-order valence-electron chi connectivity index (χ2n) is 3.67. The Morgan fingerprint density at radius 1 is 1.38 bits per heavy atom. The fourth-order valence-corrected chi connectivity index (χ4v) is 1.63. The topological polar surface area (TPSA) is 50.4 Å². The van der Waals surface area contributed by atoms with Crippen LogP contribution < -0.4 is 15.4 Å². The van der Waals surface area contributed by atoms with E-state index in [0.717, 1.165) is 22.6 Å². The largest absolute Gasteiger partial charge is 0.496 e. The lowest BCUT2D eigenvalue weighted by Gasteiger charge is -2.13. The Labute approximate surface area is 96.0 Å². The third-order valence-corrected chi connectivity index (χ3v) is 2.42. The molecule has 1 rings (SSSR count). The summed E-state index contributed by atoms with van der Waals surface area (Å²) in [4.78, 5) is 11.4. The number of benzene rings is 1. The van der Waals surface area contributed by atoms with Crippen molar-refractivity contribution in [3.8, 4) is 5.75 Å². The third-order valence-electron chi connectivity index (χ3n) is 2.42. The molecule has 0 bridgehead atoms. The zero-order valence-electron chi connectivity index (χ0n) is 10.2. The molecule has 1 amide bonds. The molecule has 1 aromatic carbocycles. The highest BCUT2D eigenvalue weighted by Gasteiger charge is 2.09. The summed E-state index contributed by atoms with van der Waals surface area (Å²) < 4.78 is 5.29. The van der Waals surface area contributed by atoms with Crippen LogP contribution in [0.3, 0.4) is 0 Å². The molecule has 0 fully saturated rings. The molecule has 0 heterocycles. The van der Waals surface area contributed by atoms with Gasteiger partial charge in [-0.05, 0) is 32.5 Å². The van der Waals surface area contributed by atoms with Crippen molar-refractivity contribution in [2.45, 2.75) is 13.8 Å². The van der Waals surface area contributed by atoms with Crippen molar-refractivity contribution in [3.63, 3.8) is 0 Å². The van der Waals surface area contributed by atoms with Crippen molar-refractivity contribution in [2.24, 2.45) is 0 Å². The molecule has 0 aliphatic carbocycles. The van der Waals surface area contributed by atoms with Crippen LogP contribution in [-0.4, -0.2) is 26.6 Å². The third kappa shape index (κ3) is 2.73. The van der Waals surface area contributed by atoms with Crippen LogP contribution >= 0.6 is 0 Å². The van der Waals surface area contributed by atoms with Gasteiger partial charge in [-0.3, -0.25) is 4.79 Å². The number of carbonyl (C=O) groups is 1. The fourth-order valence-electron chi connectivity index (χ4n) is 1.63. The summed E-state index contributed by atoms with van der Waals surface area (Å²) in [6.45, 7) is 4.21. The maximum Gasteiger partial charge on any atom is 0.238 e. The molecular weight excluding hydrogens is 204 g/mol. The Bertz CT molecular complexity index is 389. The molecule has 88 valence electrons. The lowest BCUT2D eigenvalue weighted by Crippen LogP contribution is -2.25. The molecule has 0 aliphatic heterocycles. The van der Waals surface area contributed by atoms with E-state index in [1.54, 1.807) is 14.2 Å². The number of anilines is 1. The number of hydrogen-bond acceptors (Lipinski definition) is 3. The summed E-state index contributed by atoms with van der Waals surface area (Å²) in [7, 11) is 3.37. The Hall–Kier alpha value is -1.55. The Kier molecular flexibility index (Phi) is 4.31. The monoisotopic (exact) mass is 222 g/mol. The molecule has 0 aromatic heterocycles. The number of nitrogens with one attached hydrogen (secondary N) is 2. The number of methoxy groups -OCH3 is 1. The van der Waals surface area contributed by atoms with E-state index in [1.807, 2.05) is 26.0 Å². The van der Waals surface area contributed by atoms with Gasteiger partial charge in [-0.25, -0.2) is 0 Å². The predicted octanol–water partition coefficient (Wildman–Crippen LogP) is 1.47. The van der Waals surface area contributed by atoms with Gasteiger partial charge in [-0.1, -0.05) is 6.07 Å². The van der Waals surface area contributed by atoms with Gasteiger partial charge in [0.25, 0.3) is 0 Å². The van der Waals surface area contributed by atoms with Gasteiger partial charge in [0.15, 0.2) is 0 Å². The van der Waals surface area contributed by atoms with E-state index >= 15 is 0 Å². The number of hydrogen-bond donors (Lipinski definition) is 2. The molecule has 0 unspecified atom stereocenters. The van der Waals surface area contributed by atoms with Gasteiger partial charge >= 0.3 is 0 Å². The molecule has 0 atom stereocenters. The maximum absolute atomic E-state index is 11.4. The zero-order valence-corrected chi connectivity index (χ0v) is 10.2. The molecule has 16 heavy (non-hydrogen) atoms. The Morgan fingerprint density at radius 2 is 2.06 bits per heavy atom. The standard InChI is InChI=1S/C12H18N2O2/c1-8-5-6-10(9(2)12(8)16-4)14-11(15)7-13-3/h5-6,13H,7H2,1-4H3,(H,14,15). The van der Waals surface area contributed by atoms with E-state index < -0.39 is 0 Å². The van der Waals surface area contributed by atoms with Crippen molar-refractivity contribution in [1.82, 2.24) is 5.32 Å². The smallest absolute Gasteiger partial charge is 0.238 e. The minimum atomic E-state index is -0.0588. The predicted molar refractivity (Wildman–Crippen MR) is 65.0 cm³/mol. The van der Waals surface area contributed by atoms with E-state index in [4.69, 9.17) is 4.74 Å². The van der Waals surface area contributed by atoms with Crippen LogP contribution in [0.1, 0.15) is 11.1 Å². The minimum absolute atomic E-state index is 0.0588. The van der Waals surface area contributed by atoms with E-state index in [-0.39, 0.29) is 5.91 Å². The number of ether oxygens (including phenoxy) is 1. The van der Waals surface area contributed by atoms with Crippen LogP contribution in [0.4, 0.5) is 5.69 Å². The Balaban J connectivity index is 2.93. The van der Waals surface area contributed by atoms with Crippen LogP contribution in [0.5, 0.6) is 5.75 Å².